The Kier molecular flexibility index (Phi) is 5.44. The molecule has 0 spiro atoms. The number of hydrogen-bond acceptors (Lipinski definition) is 8. The van der Waals surface area contributed by atoms with Crippen LogP contribution in [0, 0.1) is 10.1 Å². The molecule has 2 heterocycles. The minimum atomic E-state index is -0.678. The molecule has 8 nitrogen and oxygen atoms in total. The largest absolute Gasteiger partial charge is 0.423 e. The molecular weight excluding hydrogens is 404 g/mol. The number of carbonyl (C=O) groups is 1. The van der Waals surface area contributed by atoms with E-state index in [9.17, 15) is 14.9 Å². The molecule has 0 atom stereocenters. The Morgan fingerprint density at radius 2 is 1.90 bits per heavy atom. The van der Waals surface area contributed by atoms with E-state index in [1.807, 2.05) is 29.6 Å². The first kappa shape index (κ1) is 19.2. The lowest BCUT2D eigenvalue weighted by Gasteiger charge is -2.07. The van der Waals surface area contributed by atoms with Crippen molar-refractivity contribution in [3.8, 4) is 17.1 Å². The molecule has 0 fully saturated rings. The third-order valence-electron chi connectivity index (χ3n) is 4.02. The number of nitro benzene ring substituents is 1. The molecule has 4 rings (SSSR count). The summed E-state index contributed by atoms with van der Waals surface area (Å²) in [5, 5.41) is 16.6. The molecule has 30 heavy (non-hydrogen) atoms. The third-order valence-corrected chi connectivity index (χ3v) is 4.78. The lowest BCUT2D eigenvalue weighted by Crippen LogP contribution is -2.09. The zero-order valence-electron chi connectivity index (χ0n) is 15.4. The average molecular weight is 418 g/mol. The molecule has 0 amide bonds. The van der Waals surface area contributed by atoms with Crippen molar-refractivity contribution in [1.29, 1.82) is 0 Å². The van der Waals surface area contributed by atoms with Crippen molar-refractivity contribution in [2.75, 3.05) is 5.32 Å². The molecule has 0 radical (unpaired) electrons. The van der Waals surface area contributed by atoms with Gasteiger partial charge in [0.05, 0.1) is 16.2 Å². The summed E-state index contributed by atoms with van der Waals surface area (Å²) in [6.45, 7) is 0. The van der Waals surface area contributed by atoms with E-state index in [0.717, 1.165) is 11.4 Å². The number of carbonyl (C=O) groups excluding carboxylic acids is 1. The number of nitrogens with one attached hydrogen (secondary N) is 1. The molecular formula is C21H14N4O4S. The minimum absolute atomic E-state index is 0.0995. The predicted molar refractivity (Wildman–Crippen MR) is 113 cm³/mol. The van der Waals surface area contributed by atoms with E-state index < -0.39 is 10.9 Å². The summed E-state index contributed by atoms with van der Waals surface area (Å²) < 4.78 is 5.36. The van der Waals surface area contributed by atoms with E-state index in [1.54, 1.807) is 24.4 Å². The SMILES string of the molecule is O=C(Oc1cccc(Nc2nc(-c3ccccn3)cs2)c1)c1cccc([N+](=O)[O-])c1. The predicted octanol–water partition coefficient (Wildman–Crippen LogP) is 5.08. The van der Waals surface area contributed by atoms with Crippen LogP contribution in [0.15, 0.2) is 78.3 Å². The number of ether oxygens (including phenoxy) is 1. The summed E-state index contributed by atoms with van der Waals surface area (Å²) in [5.41, 5.74) is 2.15. The standard InChI is InChI=1S/C21H14N4O4S/c26-20(14-5-3-7-16(11-14)25(27)28)29-17-8-4-6-15(12-17)23-21-24-19(13-30-21)18-9-1-2-10-22-18/h1-13H,(H,23,24). The number of thiazole rings is 1. The number of pyridine rings is 1. The van der Waals surface area contributed by atoms with Crippen LogP contribution in [0.1, 0.15) is 10.4 Å². The molecule has 0 aliphatic carbocycles. The molecule has 9 heteroatoms. The molecule has 2 aromatic heterocycles. The van der Waals surface area contributed by atoms with Gasteiger partial charge in [-0.05, 0) is 30.3 Å². The molecule has 0 unspecified atom stereocenters. The Labute approximate surface area is 175 Å². The zero-order valence-corrected chi connectivity index (χ0v) is 16.2. The van der Waals surface area contributed by atoms with E-state index >= 15 is 0 Å². The molecule has 0 saturated heterocycles. The molecule has 4 aromatic rings. The van der Waals surface area contributed by atoms with Gasteiger partial charge in [-0.15, -0.1) is 11.3 Å². The van der Waals surface area contributed by atoms with Gasteiger partial charge in [0.1, 0.15) is 11.4 Å². The van der Waals surface area contributed by atoms with Gasteiger partial charge in [0.25, 0.3) is 5.69 Å². The lowest BCUT2D eigenvalue weighted by atomic mass is 10.2. The zero-order chi connectivity index (χ0) is 20.9. The Morgan fingerprint density at radius 1 is 1.03 bits per heavy atom. The van der Waals surface area contributed by atoms with Crippen molar-refractivity contribution < 1.29 is 14.5 Å². The van der Waals surface area contributed by atoms with Gasteiger partial charge in [-0.25, -0.2) is 9.78 Å². The first-order valence-corrected chi connectivity index (χ1v) is 9.67. The quantitative estimate of drug-likeness (QED) is 0.201. The van der Waals surface area contributed by atoms with E-state index in [0.29, 0.717) is 16.6 Å². The van der Waals surface area contributed by atoms with Crippen LogP contribution in [-0.4, -0.2) is 20.9 Å². The topological polar surface area (TPSA) is 107 Å². The number of hydrogen-bond donors (Lipinski definition) is 1. The number of benzene rings is 2. The maximum absolute atomic E-state index is 12.3. The van der Waals surface area contributed by atoms with Crippen LogP contribution in [-0.2, 0) is 0 Å². The van der Waals surface area contributed by atoms with Gasteiger partial charge in [-0.2, -0.15) is 0 Å². The Balaban J connectivity index is 1.47. The van der Waals surface area contributed by atoms with Crippen molar-refractivity contribution in [2.24, 2.45) is 0 Å². The summed E-state index contributed by atoms with van der Waals surface area (Å²) in [5.74, 6) is -0.374. The highest BCUT2D eigenvalue weighted by molar-refractivity contribution is 7.14. The fourth-order valence-electron chi connectivity index (χ4n) is 2.64. The summed E-state index contributed by atoms with van der Waals surface area (Å²) in [6.07, 6.45) is 1.71. The van der Waals surface area contributed by atoms with Crippen LogP contribution in [0.25, 0.3) is 11.4 Å². The minimum Gasteiger partial charge on any atom is -0.423 e. The molecule has 0 saturated carbocycles. The monoisotopic (exact) mass is 418 g/mol. The number of nitrogens with zero attached hydrogens (tertiary/aromatic N) is 3. The highest BCUT2D eigenvalue weighted by Gasteiger charge is 2.14. The van der Waals surface area contributed by atoms with Crippen LogP contribution in [0.5, 0.6) is 5.75 Å². The van der Waals surface area contributed by atoms with Gasteiger partial charge in [-0.1, -0.05) is 18.2 Å². The van der Waals surface area contributed by atoms with Gasteiger partial charge in [0.2, 0.25) is 0 Å². The molecule has 2 aromatic carbocycles. The first-order chi connectivity index (χ1) is 14.6. The molecule has 0 aliphatic heterocycles. The summed E-state index contributed by atoms with van der Waals surface area (Å²) in [7, 11) is 0. The molecule has 0 bridgehead atoms. The van der Waals surface area contributed by atoms with Crippen molar-refractivity contribution in [3.05, 3.63) is 94.0 Å². The van der Waals surface area contributed by atoms with Gasteiger partial charge in [0.15, 0.2) is 5.13 Å². The maximum Gasteiger partial charge on any atom is 0.343 e. The average Bonchev–Trinajstić information content (AvgIpc) is 3.23. The molecule has 148 valence electrons. The van der Waals surface area contributed by atoms with Crippen LogP contribution < -0.4 is 10.1 Å². The normalized spacial score (nSPS) is 10.4. The maximum atomic E-state index is 12.3. The lowest BCUT2D eigenvalue weighted by molar-refractivity contribution is -0.384. The van der Waals surface area contributed by atoms with Crippen molar-refractivity contribution in [2.45, 2.75) is 0 Å². The molecule has 0 aliphatic rings. The fraction of sp³-hybridized carbons (Fsp3) is 0. The number of aromatic nitrogens is 2. The van der Waals surface area contributed by atoms with Crippen LogP contribution in [0.2, 0.25) is 0 Å². The van der Waals surface area contributed by atoms with Crippen LogP contribution in [0.3, 0.4) is 0 Å². The highest BCUT2D eigenvalue weighted by atomic mass is 32.1. The van der Waals surface area contributed by atoms with E-state index in [4.69, 9.17) is 4.74 Å². The summed E-state index contributed by atoms with van der Waals surface area (Å²) >= 11 is 1.43. The Hall–Kier alpha value is -4.11. The highest BCUT2D eigenvalue weighted by Crippen LogP contribution is 2.27. The number of rotatable bonds is 6. The van der Waals surface area contributed by atoms with Gasteiger partial charge < -0.3 is 10.1 Å². The van der Waals surface area contributed by atoms with Crippen molar-refractivity contribution >= 4 is 33.8 Å². The van der Waals surface area contributed by atoms with E-state index in [-0.39, 0.29) is 11.3 Å². The van der Waals surface area contributed by atoms with Gasteiger partial charge in [-0.3, -0.25) is 15.1 Å². The number of anilines is 2. The van der Waals surface area contributed by atoms with E-state index in [1.165, 1.54) is 35.6 Å². The number of nitro groups is 1. The first-order valence-electron chi connectivity index (χ1n) is 8.79. The fourth-order valence-corrected chi connectivity index (χ4v) is 3.36. The second-order valence-electron chi connectivity index (χ2n) is 6.10. The van der Waals surface area contributed by atoms with Gasteiger partial charge >= 0.3 is 5.97 Å². The van der Waals surface area contributed by atoms with Crippen molar-refractivity contribution in [1.82, 2.24) is 9.97 Å². The number of non-ortho nitro benzene ring substituents is 1. The summed E-state index contributed by atoms with van der Waals surface area (Å²) in [6, 6.07) is 17.8. The molecule has 1 N–H and O–H groups in total. The van der Waals surface area contributed by atoms with Crippen LogP contribution >= 0.6 is 11.3 Å². The second-order valence-corrected chi connectivity index (χ2v) is 6.96. The Morgan fingerprint density at radius 3 is 2.70 bits per heavy atom. The number of esters is 1. The second kappa shape index (κ2) is 8.50. The summed E-state index contributed by atoms with van der Waals surface area (Å²) in [4.78, 5) is 31.4. The van der Waals surface area contributed by atoms with Gasteiger partial charge in [0, 0.05) is 35.5 Å². The third kappa shape index (κ3) is 4.47. The van der Waals surface area contributed by atoms with Crippen molar-refractivity contribution in [3.63, 3.8) is 0 Å². The smallest absolute Gasteiger partial charge is 0.343 e. The van der Waals surface area contributed by atoms with E-state index in [2.05, 4.69) is 15.3 Å². The Bertz CT molecular complexity index is 1210. The van der Waals surface area contributed by atoms with Crippen LogP contribution in [0.4, 0.5) is 16.5 Å².